The molecule has 1 saturated heterocycles. The molecule has 4 aromatic rings. The lowest BCUT2D eigenvalue weighted by Crippen LogP contribution is -2.41. The quantitative estimate of drug-likeness (QED) is 0.414. The Morgan fingerprint density at radius 2 is 1.18 bits per heavy atom. The van der Waals surface area contributed by atoms with Gasteiger partial charge in [0.2, 0.25) is 0 Å². The first kappa shape index (κ1) is 21.5. The van der Waals surface area contributed by atoms with Crippen molar-refractivity contribution in [2.24, 2.45) is 0 Å². The predicted molar refractivity (Wildman–Crippen MR) is 132 cm³/mol. The van der Waals surface area contributed by atoms with E-state index in [9.17, 15) is 0 Å². The van der Waals surface area contributed by atoms with E-state index in [4.69, 9.17) is 14.3 Å². The van der Waals surface area contributed by atoms with Crippen LogP contribution in [0, 0.1) is 0 Å². The van der Waals surface area contributed by atoms with Crippen molar-refractivity contribution >= 4 is 12.6 Å². The summed E-state index contributed by atoms with van der Waals surface area (Å²) in [5.41, 5.74) is 5.54. The average Bonchev–Trinajstić information content (AvgIpc) is 3.07. The third kappa shape index (κ3) is 4.20. The third-order valence-electron chi connectivity index (χ3n) is 6.43. The summed E-state index contributed by atoms with van der Waals surface area (Å²) < 4.78 is 12.5. The molecule has 3 aromatic heterocycles. The van der Waals surface area contributed by atoms with Gasteiger partial charge < -0.3 is 9.31 Å². The maximum Gasteiger partial charge on any atom is 0.494 e. The Hall–Kier alpha value is -3.35. The van der Waals surface area contributed by atoms with Crippen LogP contribution in [0.15, 0.2) is 85.2 Å². The summed E-state index contributed by atoms with van der Waals surface area (Å²) in [7, 11) is -0.415. The summed E-state index contributed by atoms with van der Waals surface area (Å²) >= 11 is 0. The molecule has 0 aliphatic carbocycles. The lowest BCUT2D eigenvalue weighted by molar-refractivity contribution is 0.00578. The van der Waals surface area contributed by atoms with Gasteiger partial charge in [-0.2, -0.15) is 0 Å². The molecule has 4 heterocycles. The van der Waals surface area contributed by atoms with E-state index in [1.165, 1.54) is 0 Å². The van der Waals surface area contributed by atoms with Crippen molar-refractivity contribution in [3.63, 3.8) is 0 Å². The van der Waals surface area contributed by atoms with Gasteiger partial charge in [-0.15, -0.1) is 0 Å². The number of aromatic nitrogens is 3. The first-order valence-corrected chi connectivity index (χ1v) is 11.1. The number of hydrogen-bond donors (Lipinski definition) is 0. The molecular formula is C27H26BN3O2. The van der Waals surface area contributed by atoms with Crippen molar-refractivity contribution in [2.75, 3.05) is 0 Å². The monoisotopic (exact) mass is 435 g/mol. The second kappa shape index (κ2) is 8.21. The lowest BCUT2D eigenvalue weighted by Gasteiger charge is -2.32. The van der Waals surface area contributed by atoms with E-state index >= 15 is 0 Å². The van der Waals surface area contributed by atoms with E-state index in [1.807, 2.05) is 48.5 Å². The van der Waals surface area contributed by atoms with Crippen LogP contribution in [0.1, 0.15) is 27.7 Å². The Bertz CT molecular complexity index is 1200. The highest BCUT2D eigenvalue weighted by Crippen LogP contribution is 2.37. The molecule has 0 unspecified atom stereocenters. The smallest absolute Gasteiger partial charge is 0.399 e. The number of pyridine rings is 3. The molecule has 1 aliphatic heterocycles. The number of rotatable bonds is 4. The molecule has 0 bridgehead atoms. The number of hydrogen-bond acceptors (Lipinski definition) is 5. The Morgan fingerprint density at radius 3 is 1.70 bits per heavy atom. The maximum atomic E-state index is 6.27. The predicted octanol–water partition coefficient (Wildman–Crippen LogP) is 5.17. The molecule has 0 N–H and O–H groups in total. The van der Waals surface area contributed by atoms with E-state index < -0.39 is 7.12 Å². The number of nitrogens with zero attached hydrogens (tertiary/aromatic N) is 3. The lowest BCUT2D eigenvalue weighted by atomic mass is 9.78. The van der Waals surface area contributed by atoms with Crippen molar-refractivity contribution in [3.8, 4) is 33.9 Å². The van der Waals surface area contributed by atoms with Crippen LogP contribution in [0.2, 0.25) is 0 Å². The SMILES string of the molecule is CC1(C)OB(c2cccc(-c3cc(-c4ccccn4)nc(-c4ccccn4)c3)c2)OC1(C)C. The average molecular weight is 435 g/mol. The van der Waals surface area contributed by atoms with E-state index in [0.29, 0.717) is 0 Å². The van der Waals surface area contributed by atoms with Gasteiger partial charge in [0.15, 0.2) is 0 Å². The van der Waals surface area contributed by atoms with Gasteiger partial charge in [-0.3, -0.25) is 9.97 Å². The molecule has 1 fully saturated rings. The van der Waals surface area contributed by atoms with E-state index in [-0.39, 0.29) is 11.2 Å². The fraction of sp³-hybridized carbons (Fsp3) is 0.222. The summed E-state index contributed by atoms with van der Waals surface area (Å²) in [6.07, 6.45) is 3.56. The van der Waals surface area contributed by atoms with Crippen LogP contribution in [0.25, 0.3) is 33.9 Å². The van der Waals surface area contributed by atoms with Gasteiger partial charge in [0.05, 0.1) is 34.0 Å². The summed E-state index contributed by atoms with van der Waals surface area (Å²) in [5, 5.41) is 0. The van der Waals surface area contributed by atoms with Crippen molar-refractivity contribution < 1.29 is 9.31 Å². The van der Waals surface area contributed by atoms with Crippen molar-refractivity contribution in [3.05, 3.63) is 85.2 Å². The molecular weight excluding hydrogens is 409 g/mol. The molecule has 0 atom stereocenters. The first-order chi connectivity index (χ1) is 15.8. The van der Waals surface area contributed by atoms with Gasteiger partial charge in [-0.05, 0) is 80.7 Å². The fourth-order valence-electron chi connectivity index (χ4n) is 3.83. The molecule has 0 saturated carbocycles. The highest BCUT2D eigenvalue weighted by molar-refractivity contribution is 6.62. The largest absolute Gasteiger partial charge is 0.494 e. The highest BCUT2D eigenvalue weighted by atomic mass is 16.7. The summed E-state index contributed by atoms with van der Waals surface area (Å²) in [6.45, 7) is 8.27. The Morgan fingerprint density at radius 1 is 0.606 bits per heavy atom. The van der Waals surface area contributed by atoms with Gasteiger partial charge in [0.25, 0.3) is 0 Å². The van der Waals surface area contributed by atoms with Crippen molar-refractivity contribution in [2.45, 2.75) is 38.9 Å². The van der Waals surface area contributed by atoms with Gasteiger partial charge in [-0.1, -0.05) is 36.4 Å². The highest BCUT2D eigenvalue weighted by Gasteiger charge is 2.51. The molecule has 1 aliphatic rings. The summed E-state index contributed by atoms with van der Waals surface area (Å²) in [4.78, 5) is 13.9. The summed E-state index contributed by atoms with van der Waals surface area (Å²) in [5.74, 6) is 0. The van der Waals surface area contributed by atoms with Gasteiger partial charge in [0.1, 0.15) is 0 Å². The van der Waals surface area contributed by atoms with Gasteiger partial charge in [0, 0.05) is 12.4 Å². The summed E-state index contributed by atoms with van der Waals surface area (Å²) in [6, 6.07) is 24.1. The second-order valence-electron chi connectivity index (χ2n) is 9.27. The van der Waals surface area contributed by atoms with Crippen LogP contribution < -0.4 is 5.46 Å². The molecule has 1 aromatic carbocycles. The second-order valence-corrected chi connectivity index (χ2v) is 9.27. The third-order valence-corrected chi connectivity index (χ3v) is 6.43. The van der Waals surface area contributed by atoms with Crippen molar-refractivity contribution in [1.82, 2.24) is 15.0 Å². The van der Waals surface area contributed by atoms with E-state index in [1.54, 1.807) is 12.4 Å². The molecule has 0 spiro atoms. The van der Waals surface area contributed by atoms with Crippen LogP contribution >= 0.6 is 0 Å². The zero-order chi connectivity index (χ0) is 23.1. The van der Waals surface area contributed by atoms with Crippen LogP contribution in [-0.2, 0) is 9.31 Å². The molecule has 0 amide bonds. The Labute approximate surface area is 195 Å². The Balaban J connectivity index is 1.59. The van der Waals surface area contributed by atoms with E-state index in [2.05, 4.69) is 61.9 Å². The fourth-order valence-corrected chi connectivity index (χ4v) is 3.83. The van der Waals surface area contributed by atoms with Crippen LogP contribution in [0.4, 0.5) is 0 Å². The Kier molecular flexibility index (Phi) is 5.35. The zero-order valence-corrected chi connectivity index (χ0v) is 19.3. The first-order valence-electron chi connectivity index (χ1n) is 11.1. The molecule has 5 nitrogen and oxygen atoms in total. The maximum absolute atomic E-state index is 6.27. The topological polar surface area (TPSA) is 57.1 Å². The zero-order valence-electron chi connectivity index (χ0n) is 19.3. The van der Waals surface area contributed by atoms with Crippen LogP contribution in [0.3, 0.4) is 0 Å². The van der Waals surface area contributed by atoms with Crippen LogP contribution in [0.5, 0.6) is 0 Å². The molecule has 33 heavy (non-hydrogen) atoms. The van der Waals surface area contributed by atoms with Crippen molar-refractivity contribution in [1.29, 1.82) is 0 Å². The van der Waals surface area contributed by atoms with Gasteiger partial charge >= 0.3 is 7.12 Å². The minimum Gasteiger partial charge on any atom is -0.399 e. The van der Waals surface area contributed by atoms with Crippen LogP contribution in [-0.4, -0.2) is 33.3 Å². The number of benzene rings is 1. The molecule has 164 valence electrons. The molecule has 0 radical (unpaired) electrons. The van der Waals surface area contributed by atoms with E-state index in [0.717, 1.165) is 39.4 Å². The minimum absolute atomic E-state index is 0.386. The minimum atomic E-state index is -0.415. The standard InChI is InChI=1S/C27H26BN3O2/c1-26(2)27(3,4)33-28(32-26)21-11-9-10-19(16-21)20-17-24(22-12-5-7-14-29-22)31-25(18-20)23-13-6-8-15-30-23/h5-18H,1-4H3. The normalized spacial score (nSPS) is 16.7. The molecule has 5 rings (SSSR count). The molecule has 6 heteroatoms. The van der Waals surface area contributed by atoms with Gasteiger partial charge in [-0.25, -0.2) is 4.98 Å².